The molecule has 1 saturated carbocycles. The van der Waals surface area contributed by atoms with Crippen LogP contribution in [0, 0.1) is 5.92 Å². The second-order valence-electron chi connectivity index (χ2n) is 9.63. The third-order valence-electron chi connectivity index (χ3n) is 7.15. The number of benzene rings is 3. The van der Waals surface area contributed by atoms with Crippen LogP contribution in [0.4, 0.5) is 0 Å². The number of amides is 1. The molecule has 1 amide bonds. The number of nitrogens with zero attached hydrogens (tertiary/aromatic N) is 2. The first-order chi connectivity index (χ1) is 18.7. The molecule has 1 aliphatic carbocycles. The van der Waals surface area contributed by atoms with Crippen LogP contribution in [-0.2, 0) is 14.3 Å². The van der Waals surface area contributed by atoms with E-state index in [1.54, 1.807) is 18.2 Å². The molecule has 3 aromatic rings. The van der Waals surface area contributed by atoms with Gasteiger partial charge in [0.2, 0.25) is 6.10 Å². The lowest BCUT2D eigenvalue weighted by Crippen LogP contribution is -2.40. The zero-order valence-corrected chi connectivity index (χ0v) is 20.9. The average molecular weight is 509 g/mol. The van der Waals surface area contributed by atoms with Crippen LogP contribution in [0.1, 0.15) is 36.4 Å². The molecule has 0 unspecified atom stereocenters. The quantitative estimate of drug-likeness (QED) is 0.443. The molecule has 0 aromatic heterocycles. The highest BCUT2D eigenvalue weighted by atomic mass is 16.6. The molecule has 7 nitrogen and oxygen atoms in total. The summed E-state index contributed by atoms with van der Waals surface area (Å²) in [6, 6.07) is 27.0. The molecular formula is C31H28N2O5. The summed E-state index contributed by atoms with van der Waals surface area (Å²) < 4.78 is 16.8. The number of carbonyl (C=O) groups excluding carboxylic acids is 2. The van der Waals surface area contributed by atoms with E-state index in [9.17, 15) is 9.59 Å². The van der Waals surface area contributed by atoms with E-state index in [-0.39, 0.29) is 24.5 Å². The van der Waals surface area contributed by atoms with Crippen molar-refractivity contribution in [1.82, 2.24) is 5.01 Å². The molecule has 0 saturated heterocycles. The molecule has 1 fully saturated rings. The molecule has 3 aromatic carbocycles. The number of hydrogen-bond acceptors (Lipinski definition) is 6. The molecule has 2 aliphatic heterocycles. The maximum absolute atomic E-state index is 13.5. The topological polar surface area (TPSA) is 77.4 Å². The van der Waals surface area contributed by atoms with Crippen molar-refractivity contribution < 1.29 is 23.8 Å². The highest BCUT2D eigenvalue weighted by Crippen LogP contribution is 2.44. The fourth-order valence-electron chi connectivity index (χ4n) is 5.37. The number of hydrogen-bond donors (Lipinski definition) is 0. The Bertz CT molecular complexity index is 1390. The number of esters is 1. The Hall–Kier alpha value is -4.39. The van der Waals surface area contributed by atoms with E-state index in [2.05, 4.69) is 18.2 Å². The molecule has 0 bridgehead atoms. The fourth-order valence-corrected chi connectivity index (χ4v) is 5.37. The summed E-state index contributed by atoms with van der Waals surface area (Å²) in [6.45, 7) is -0.399. The van der Waals surface area contributed by atoms with Gasteiger partial charge in [0.25, 0.3) is 5.91 Å². The van der Waals surface area contributed by atoms with Gasteiger partial charge in [-0.2, -0.15) is 5.10 Å². The number of carbonyl (C=O) groups is 2. The fraction of sp³-hybridized carbons (Fsp3) is 0.258. The maximum atomic E-state index is 13.5. The largest absolute Gasteiger partial charge is 0.485 e. The molecule has 0 spiro atoms. The Morgan fingerprint density at radius 2 is 1.66 bits per heavy atom. The van der Waals surface area contributed by atoms with E-state index in [1.807, 2.05) is 54.6 Å². The Morgan fingerprint density at radius 1 is 0.947 bits per heavy atom. The number of hydrazone groups is 1. The number of ether oxygens (including phenoxy) is 3. The zero-order chi connectivity index (χ0) is 25.9. The lowest BCUT2D eigenvalue weighted by atomic mass is 9.77. The predicted octanol–water partition coefficient (Wildman–Crippen LogP) is 5.19. The van der Waals surface area contributed by atoms with E-state index >= 15 is 0 Å². The van der Waals surface area contributed by atoms with Gasteiger partial charge < -0.3 is 14.2 Å². The van der Waals surface area contributed by atoms with Crippen molar-refractivity contribution in [3.05, 3.63) is 102 Å². The summed E-state index contributed by atoms with van der Waals surface area (Å²) in [7, 11) is 0. The second kappa shape index (κ2) is 10.5. The summed E-state index contributed by atoms with van der Waals surface area (Å²) in [6.07, 6.45) is 4.09. The molecule has 192 valence electrons. The van der Waals surface area contributed by atoms with Gasteiger partial charge in [0.05, 0.1) is 11.8 Å². The van der Waals surface area contributed by atoms with Gasteiger partial charge in [-0.05, 0) is 54.2 Å². The van der Waals surface area contributed by atoms with E-state index < -0.39 is 18.7 Å². The SMILES string of the molecule is O=C(OCC(=O)N1N=C2/C(=C\c3ccccc3)CCC[C@@H]2[C@H]1c1ccccc1)[C@@H]1COc2ccccc2O1. The number of para-hydroxylation sites is 2. The van der Waals surface area contributed by atoms with Crippen LogP contribution in [0.2, 0.25) is 0 Å². The minimum atomic E-state index is -0.935. The van der Waals surface area contributed by atoms with Crippen LogP contribution in [0.5, 0.6) is 11.5 Å². The Balaban J connectivity index is 1.21. The van der Waals surface area contributed by atoms with E-state index in [0.717, 1.165) is 41.7 Å². The van der Waals surface area contributed by atoms with Gasteiger partial charge in [-0.1, -0.05) is 72.8 Å². The molecule has 3 atom stereocenters. The third kappa shape index (κ3) is 4.79. The molecular weight excluding hydrogens is 480 g/mol. The monoisotopic (exact) mass is 508 g/mol. The van der Waals surface area contributed by atoms with Crippen molar-refractivity contribution in [2.75, 3.05) is 13.2 Å². The van der Waals surface area contributed by atoms with Crippen molar-refractivity contribution >= 4 is 23.7 Å². The Kier molecular flexibility index (Phi) is 6.65. The molecule has 6 rings (SSSR count). The van der Waals surface area contributed by atoms with Crippen LogP contribution >= 0.6 is 0 Å². The van der Waals surface area contributed by atoms with Crippen LogP contribution in [0.15, 0.2) is 95.6 Å². The van der Waals surface area contributed by atoms with Gasteiger partial charge in [-0.3, -0.25) is 4.79 Å². The van der Waals surface area contributed by atoms with Crippen molar-refractivity contribution in [2.24, 2.45) is 11.0 Å². The van der Waals surface area contributed by atoms with Crippen molar-refractivity contribution in [3.8, 4) is 11.5 Å². The van der Waals surface area contributed by atoms with Gasteiger partial charge in [-0.25, -0.2) is 9.80 Å². The van der Waals surface area contributed by atoms with E-state index in [0.29, 0.717) is 11.5 Å². The van der Waals surface area contributed by atoms with Crippen LogP contribution < -0.4 is 9.47 Å². The van der Waals surface area contributed by atoms with Crippen molar-refractivity contribution in [3.63, 3.8) is 0 Å². The van der Waals surface area contributed by atoms with Gasteiger partial charge in [0.1, 0.15) is 6.61 Å². The van der Waals surface area contributed by atoms with Gasteiger partial charge in [-0.15, -0.1) is 0 Å². The van der Waals surface area contributed by atoms with Crippen LogP contribution in [-0.4, -0.2) is 41.9 Å². The van der Waals surface area contributed by atoms with Crippen molar-refractivity contribution in [2.45, 2.75) is 31.4 Å². The number of rotatable bonds is 5. The smallest absolute Gasteiger partial charge is 0.351 e. The third-order valence-corrected chi connectivity index (χ3v) is 7.15. The van der Waals surface area contributed by atoms with Gasteiger partial charge in [0, 0.05) is 5.92 Å². The summed E-state index contributed by atoms with van der Waals surface area (Å²) in [5.74, 6) is 0.118. The average Bonchev–Trinajstić information content (AvgIpc) is 3.37. The molecule has 3 aliphatic rings. The summed E-state index contributed by atoms with van der Waals surface area (Å²) in [5, 5.41) is 6.36. The van der Waals surface area contributed by atoms with Crippen LogP contribution in [0.3, 0.4) is 0 Å². The summed E-state index contributed by atoms with van der Waals surface area (Å²) in [5.41, 5.74) is 4.20. The van der Waals surface area contributed by atoms with E-state index in [1.165, 1.54) is 5.01 Å². The first kappa shape index (κ1) is 24.0. The van der Waals surface area contributed by atoms with Gasteiger partial charge >= 0.3 is 5.97 Å². The molecule has 7 heteroatoms. The predicted molar refractivity (Wildman–Crippen MR) is 143 cm³/mol. The Labute approximate surface area is 221 Å². The van der Waals surface area contributed by atoms with Gasteiger partial charge in [0.15, 0.2) is 18.1 Å². The normalized spacial score (nSPS) is 22.9. The summed E-state index contributed by atoms with van der Waals surface area (Å²) >= 11 is 0. The number of fused-ring (bicyclic) bond motifs is 2. The lowest BCUT2D eigenvalue weighted by Gasteiger charge is -2.29. The highest BCUT2D eigenvalue weighted by Gasteiger charge is 2.44. The molecule has 38 heavy (non-hydrogen) atoms. The number of allylic oxidation sites excluding steroid dienone is 1. The van der Waals surface area contributed by atoms with Crippen molar-refractivity contribution in [1.29, 1.82) is 0 Å². The molecule has 2 heterocycles. The second-order valence-corrected chi connectivity index (χ2v) is 9.63. The molecule has 0 radical (unpaired) electrons. The minimum Gasteiger partial charge on any atom is -0.485 e. The first-order valence-electron chi connectivity index (χ1n) is 12.9. The van der Waals surface area contributed by atoms with Crippen LogP contribution in [0.25, 0.3) is 6.08 Å². The summed E-state index contributed by atoms with van der Waals surface area (Å²) in [4.78, 5) is 26.2. The van der Waals surface area contributed by atoms with E-state index in [4.69, 9.17) is 19.3 Å². The lowest BCUT2D eigenvalue weighted by molar-refractivity contribution is -0.160. The maximum Gasteiger partial charge on any atom is 0.351 e. The first-order valence-corrected chi connectivity index (χ1v) is 12.9. The zero-order valence-electron chi connectivity index (χ0n) is 20.9. The highest BCUT2D eigenvalue weighted by molar-refractivity contribution is 6.08. The standard InChI is InChI=1S/C31H28N2O5/c34-28(20-37-31(35)27-19-36-25-16-7-8-17-26(25)38-27)33-30(22-12-5-2-6-13-22)24-15-9-14-23(29(24)32-33)18-21-10-3-1-4-11-21/h1-8,10-13,16-18,24,27,30H,9,14-15,19-20H2/b23-18-/t24-,27-,30+/m0/s1. The Morgan fingerprint density at radius 3 is 2.45 bits per heavy atom. The minimum absolute atomic E-state index is 0.0262. The molecule has 0 N–H and O–H groups in total.